The van der Waals surface area contributed by atoms with Crippen molar-refractivity contribution in [3.8, 4) is 16.9 Å². The predicted octanol–water partition coefficient (Wildman–Crippen LogP) is 8.27. The number of hydrogen-bond acceptors (Lipinski definition) is 8. The molecule has 2 N–H and O–H groups in total. The summed E-state index contributed by atoms with van der Waals surface area (Å²) in [5, 5.41) is 12.6. The van der Waals surface area contributed by atoms with Crippen molar-refractivity contribution in [2.24, 2.45) is 0 Å². The van der Waals surface area contributed by atoms with Gasteiger partial charge >= 0.3 is 22.2 Å². The largest absolute Gasteiger partial charge is 0.478 e. The first-order valence-electron chi connectivity index (χ1n) is 15.1. The van der Waals surface area contributed by atoms with E-state index in [1.165, 1.54) is 18.2 Å². The Balaban J connectivity index is 2.44. The van der Waals surface area contributed by atoms with Gasteiger partial charge in [-0.2, -0.15) is 8.42 Å². The van der Waals surface area contributed by atoms with E-state index in [9.17, 15) is 23.1 Å². The Kier molecular flexibility index (Phi) is 10.7. The van der Waals surface area contributed by atoms with E-state index in [4.69, 9.17) is 17.8 Å². The Bertz CT molecular complexity index is 1760. The molecular formula is C33H46FNO9SSi2. The molecule has 0 unspecified atom stereocenters. The lowest BCUT2D eigenvalue weighted by Crippen LogP contribution is -2.40. The second-order valence-electron chi connectivity index (χ2n) is 15.0. The van der Waals surface area contributed by atoms with Gasteiger partial charge < -0.3 is 22.9 Å². The minimum absolute atomic E-state index is 0.00267. The summed E-state index contributed by atoms with van der Waals surface area (Å²) in [6.45, 7) is 22.2. The molecule has 0 aliphatic carbocycles. The van der Waals surface area contributed by atoms with Crippen LogP contribution in [0.4, 0.5) is 14.9 Å². The highest BCUT2D eigenvalue weighted by Gasteiger charge is 2.40. The summed E-state index contributed by atoms with van der Waals surface area (Å²) in [4.78, 5) is 25.4. The van der Waals surface area contributed by atoms with E-state index < -0.39 is 61.3 Å². The molecule has 0 atom stereocenters. The summed E-state index contributed by atoms with van der Waals surface area (Å²) >= 11 is 0. The first-order chi connectivity index (χ1) is 21.2. The molecule has 0 saturated heterocycles. The maximum Gasteiger partial charge on any atom is 0.412 e. The molecule has 14 heteroatoms. The molecule has 0 bridgehead atoms. The molecule has 1 amide bonds. The van der Waals surface area contributed by atoms with Crippen molar-refractivity contribution in [2.45, 2.75) is 103 Å². The molecule has 0 fully saturated rings. The van der Waals surface area contributed by atoms with E-state index in [1.807, 2.05) is 53.5 Å². The van der Waals surface area contributed by atoms with Crippen LogP contribution < -0.4 is 14.9 Å². The Morgan fingerprint density at radius 2 is 1.51 bits per heavy atom. The number of nitrogens with one attached hydrogen (secondary N) is 1. The van der Waals surface area contributed by atoms with Gasteiger partial charge in [0.15, 0.2) is 19.9 Å². The quantitative estimate of drug-likeness (QED) is 0.157. The van der Waals surface area contributed by atoms with Crippen LogP contribution in [0.3, 0.4) is 0 Å². The van der Waals surface area contributed by atoms with Crippen molar-refractivity contribution >= 4 is 49.6 Å². The molecule has 3 aromatic rings. The summed E-state index contributed by atoms with van der Waals surface area (Å²) in [5.41, 5.74) is -1.50. The molecular weight excluding hydrogens is 662 g/mol. The van der Waals surface area contributed by atoms with Gasteiger partial charge in [0.1, 0.15) is 35.3 Å². The number of carboxylic acids is 1. The highest BCUT2D eigenvalue weighted by molar-refractivity contribution is 7.87. The third-order valence-electron chi connectivity index (χ3n) is 7.75. The number of ether oxygens (including phenoxy) is 1. The lowest BCUT2D eigenvalue weighted by Gasteiger charge is -2.36. The number of carboxylic acid groups (broad SMARTS) is 1. The fraction of sp³-hybridized carbons (Fsp3) is 0.455. The molecule has 3 rings (SSSR count). The fourth-order valence-corrected chi connectivity index (χ4v) is 7.31. The van der Waals surface area contributed by atoms with Crippen molar-refractivity contribution in [3.63, 3.8) is 0 Å². The van der Waals surface area contributed by atoms with Crippen LogP contribution in [0, 0.1) is 12.7 Å². The number of carbonyl (C=O) groups is 2. The van der Waals surface area contributed by atoms with Crippen molar-refractivity contribution in [1.29, 1.82) is 0 Å². The monoisotopic (exact) mass is 707 g/mol. The van der Waals surface area contributed by atoms with Crippen LogP contribution in [0.2, 0.25) is 37.8 Å². The minimum Gasteiger partial charge on any atom is -0.478 e. The zero-order chi connectivity index (χ0) is 35.9. The molecule has 0 aliphatic rings. The molecule has 2 aromatic carbocycles. The Morgan fingerprint density at radius 1 is 0.936 bits per heavy atom. The van der Waals surface area contributed by atoms with Gasteiger partial charge in [0.25, 0.3) is 0 Å². The van der Waals surface area contributed by atoms with Crippen LogP contribution in [0.1, 0.15) is 63.2 Å². The highest BCUT2D eigenvalue weighted by Crippen LogP contribution is 2.45. The molecule has 1 aromatic heterocycles. The topological polar surface area (TPSA) is 141 Å². The van der Waals surface area contributed by atoms with E-state index in [0.29, 0.717) is 0 Å². The number of aromatic carboxylic acids is 1. The van der Waals surface area contributed by atoms with E-state index in [1.54, 1.807) is 39.8 Å². The third-order valence-corrected chi connectivity index (χ3v) is 15.1. The Labute approximate surface area is 278 Å². The summed E-state index contributed by atoms with van der Waals surface area (Å²) < 4.78 is 67.7. The first-order valence-corrected chi connectivity index (χ1v) is 22.9. The standard InChI is InChI=1S/C33H46FNO9SSi2/c1-20-13-15-21(16-14-20)45(39,40)44-28-22(29(36)37)17-18-23(35-31(38)43-32(2,3)4)25(28)26-24(19-41-47(11,12)33(5,6)7)42-30(27(26)34)46(8,9)10/h13-18H,19H2,1-12H3,(H,35,38)(H,36,37). The maximum atomic E-state index is 16.8. The number of hydrogen-bond donors (Lipinski definition) is 2. The number of rotatable bonds is 10. The Hall–Kier alpha value is -3.47. The number of anilines is 1. The number of aryl methyl sites for hydroxylation is 1. The van der Waals surface area contributed by atoms with Gasteiger partial charge in [0.05, 0.1) is 23.4 Å². The number of benzene rings is 2. The van der Waals surface area contributed by atoms with Crippen molar-refractivity contribution in [3.05, 3.63) is 59.1 Å². The van der Waals surface area contributed by atoms with Crippen LogP contribution in [0.5, 0.6) is 5.75 Å². The summed E-state index contributed by atoms with van der Waals surface area (Å²) in [5.74, 6) is -3.08. The van der Waals surface area contributed by atoms with Gasteiger partial charge in [-0.1, -0.05) is 58.1 Å². The lowest BCUT2D eigenvalue weighted by atomic mass is 9.99. The zero-order valence-electron chi connectivity index (χ0n) is 29.2. The second kappa shape index (κ2) is 13.2. The lowest BCUT2D eigenvalue weighted by molar-refractivity contribution is 0.0634. The van der Waals surface area contributed by atoms with E-state index in [2.05, 4.69) is 5.32 Å². The maximum absolute atomic E-state index is 16.8. The van der Waals surface area contributed by atoms with Gasteiger partial charge in [0.2, 0.25) is 0 Å². The zero-order valence-corrected chi connectivity index (χ0v) is 32.0. The summed E-state index contributed by atoms with van der Waals surface area (Å²) in [6.07, 6.45) is -0.942. The molecule has 258 valence electrons. The van der Waals surface area contributed by atoms with Gasteiger partial charge in [0, 0.05) is 0 Å². The molecule has 0 spiro atoms. The van der Waals surface area contributed by atoms with Crippen LogP contribution in [-0.4, -0.2) is 47.6 Å². The van der Waals surface area contributed by atoms with Crippen molar-refractivity contribution in [2.75, 3.05) is 5.32 Å². The smallest absolute Gasteiger partial charge is 0.412 e. The van der Waals surface area contributed by atoms with Gasteiger partial charge in [-0.05, 0) is 70.1 Å². The molecule has 0 aliphatic heterocycles. The predicted molar refractivity (Wildman–Crippen MR) is 185 cm³/mol. The molecule has 10 nitrogen and oxygen atoms in total. The van der Waals surface area contributed by atoms with Crippen LogP contribution in [-0.2, 0) is 25.9 Å². The fourth-order valence-electron chi connectivity index (χ4n) is 4.22. The minimum atomic E-state index is -4.67. The van der Waals surface area contributed by atoms with Crippen LogP contribution in [0.25, 0.3) is 11.1 Å². The van der Waals surface area contributed by atoms with Crippen LogP contribution in [0.15, 0.2) is 45.7 Å². The average molecular weight is 708 g/mol. The Morgan fingerprint density at radius 3 is 2.00 bits per heavy atom. The molecule has 0 radical (unpaired) electrons. The highest BCUT2D eigenvalue weighted by atomic mass is 32.2. The average Bonchev–Trinajstić information content (AvgIpc) is 3.22. The number of carbonyl (C=O) groups excluding carboxylic acids is 1. The van der Waals surface area contributed by atoms with E-state index in [-0.39, 0.29) is 44.5 Å². The molecule has 0 saturated carbocycles. The first kappa shape index (κ1) is 38.0. The molecule has 47 heavy (non-hydrogen) atoms. The van der Waals surface area contributed by atoms with E-state index in [0.717, 1.165) is 11.6 Å². The number of amides is 1. The number of furan rings is 1. The van der Waals surface area contributed by atoms with Gasteiger partial charge in [-0.25, -0.2) is 14.0 Å². The number of halogens is 1. The van der Waals surface area contributed by atoms with Crippen molar-refractivity contribution < 1.29 is 45.3 Å². The second-order valence-corrected chi connectivity index (χ2v) is 26.3. The summed E-state index contributed by atoms with van der Waals surface area (Å²) in [7, 11) is -9.66. The normalized spacial score (nSPS) is 13.0. The molecule has 1 heterocycles. The van der Waals surface area contributed by atoms with Crippen molar-refractivity contribution in [1.82, 2.24) is 0 Å². The van der Waals surface area contributed by atoms with Gasteiger partial charge in [-0.3, -0.25) is 5.32 Å². The van der Waals surface area contributed by atoms with Gasteiger partial charge in [-0.15, -0.1) is 0 Å². The van der Waals surface area contributed by atoms with E-state index >= 15 is 4.39 Å². The third kappa shape index (κ3) is 8.92. The summed E-state index contributed by atoms with van der Waals surface area (Å²) in [6, 6.07) is 8.04. The van der Waals surface area contributed by atoms with Crippen LogP contribution >= 0.6 is 0 Å². The SMILES string of the molecule is Cc1ccc(S(=O)(=O)Oc2c(C(=O)O)ccc(NC(=O)OC(C)(C)C)c2-c2c(CO[Si](C)(C)C(C)(C)C)oc([Si](C)(C)C)c2F)cc1.